The molecule has 18 heavy (non-hydrogen) atoms. The third-order valence-electron chi connectivity index (χ3n) is 2.70. The predicted molar refractivity (Wildman–Crippen MR) is 76.2 cm³/mol. The van der Waals surface area contributed by atoms with E-state index in [1.807, 2.05) is 18.2 Å². The van der Waals surface area contributed by atoms with E-state index >= 15 is 0 Å². The van der Waals surface area contributed by atoms with Gasteiger partial charge in [0.2, 0.25) is 0 Å². The number of hydrogen-bond donors (Lipinski definition) is 1. The van der Waals surface area contributed by atoms with Crippen LogP contribution < -0.4 is 5.73 Å². The largest absolute Gasteiger partial charge is 0.324 e. The van der Waals surface area contributed by atoms with Gasteiger partial charge in [0.1, 0.15) is 5.82 Å². The van der Waals surface area contributed by atoms with Gasteiger partial charge in [0, 0.05) is 15.5 Å². The second-order valence-corrected chi connectivity index (χ2v) is 5.43. The molecule has 2 aromatic rings. The topological polar surface area (TPSA) is 26.0 Å². The van der Waals surface area contributed by atoms with Crippen LogP contribution in [0.15, 0.2) is 46.9 Å². The lowest BCUT2D eigenvalue weighted by Gasteiger charge is -2.14. The van der Waals surface area contributed by atoms with Crippen LogP contribution in [0.3, 0.4) is 0 Å². The Bertz CT molecular complexity index is 559. The lowest BCUT2D eigenvalue weighted by molar-refractivity contribution is 0.622. The van der Waals surface area contributed by atoms with Crippen LogP contribution in [0, 0.1) is 5.82 Å². The fraction of sp³-hybridized carbons (Fsp3) is 0.143. The molecule has 1 nitrogen and oxygen atoms in total. The van der Waals surface area contributed by atoms with Crippen molar-refractivity contribution in [3.63, 3.8) is 0 Å². The van der Waals surface area contributed by atoms with E-state index < -0.39 is 0 Å². The van der Waals surface area contributed by atoms with Crippen molar-refractivity contribution in [1.29, 1.82) is 0 Å². The van der Waals surface area contributed by atoms with Crippen molar-refractivity contribution >= 4 is 27.5 Å². The summed E-state index contributed by atoms with van der Waals surface area (Å²) in [6.45, 7) is 0. The summed E-state index contributed by atoms with van der Waals surface area (Å²) in [5.74, 6) is -0.250. The fourth-order valence-electron chi connectivity index (χ4n) is 1.83. The summed E-state index contributed by atoms with van der Waals surface area (Å²) in [7, 11) is 0. The third-order valence-corrected chi connectivity index (χ3v) is 3.54. The molecule has 0 spiro atoms. The van der Waals surface area contributed by atoms with Gasteiger partial charge >= 0.3 is 0 Å². The molecule has 0 radical (unpaired) electrons. The van der Waals surface area contributed by atoms with Crippen molar-refractivity contribution in [1.82, 2.24) is 0 Å². The van der Waals surface area contributed by atoms with Crippen LogP contribution in [0.5, 0.6) is 0 Å². The van der Waals surface area contributed by atoms with Crippen molar-refractivity contribution in [2.45, 2.75) is 12.5 Å². The van der Waals surface area contributed by atoms with Crippen LogP contribution in [-0.2, 0) is 6.42 Å². The van der Waals surface area contributed by atoms with Gasteiger partial charge in [-0.05, 0) is 47.9 Å². The molecule has 0 saturated carbocycles. The maximum Gasteiger partial charge on any atom is 0.123 e. The first-order valence-corrected chi connectivity index (χ1v) is 6.68. The Kier molecular flexibility index (Phi) is 4.38. The minimum atomic E-state index is -0.253. The molecule has 0 bridgehead atoms. The molecule has 2 N–H and O–H groups in total. The molecule has 0 aliphatic carbocycles. The van der Waals surface area contributed by atoms with Crippen LogP contribution in [0.1, 0.15) is 17.2 Å². The Balaban J connectivity index is 2.21. The smallest absolute Gasteiger partial charge is 0.123 e. The quantitative estimate of drug-likeness (QED) is 0.883. The van der Waals surface area contributed by atoms with Crippen molar-refractivity contribution in [3.05, 3.63) is 68.9 Å². The summed E-state index contributed by atoms with van der Waals surface area (Å²) in [4.78, 5) is 0. The Labute approximate surface area is 119 Å². The van der Waals surface area contributed by atoms with E-state index in [0.717, 1.165) is 15.6 Å². The van der Waals surface area contributed by atoms with Gasteiger partial charge in [-0.2, -0.15) is 0 Å². The summed E-state index contributed by atoms with van der Waals surface area (Å²) in [5.41, 5.74) is 7.84. The third kappa shape index (κ3) is 3.31. The van der Waals surface area contributed by atoms with Gasteiger partial charge in [-0.3, -0.25) is 0 Å². The van der Waals surface area contributed by atoms with Gasteiger partial charge in [0.15, 0.2) is 0 Å². The van der Waals surface area contributed by atoms with E-state index in [2.05, 4.69) is 15.9 Å². The summed E-state index contributed by atoms with van der Waals surface area (Å²) < 4.78 is 14.0. The lowest BCUT2D eigenvalue weighted by atomic mass is 10.00. The van der Waals surface area contributed by atoms with Crippen LogP contribution in [0.25, 0.3) is 0 Å². The highest BCUT2D eigenvalue weighted by atomic mass is 79.9. The second kappa shape index (κ2) is 5.83. The maximum atomic E-state index is 13.1. The summed E-state index contributed by atoms with van der Waals surface area (Å²) in [5, 5.41) is 0.627. The number of nitrogens with two attached hydrogens (primary N) is 1. The average molecular weight is 329 g/mol. The van der Waals surface area contributed by atoms with Crippen molar-refractivity contribution in [2.75, 3.05) is 0 Å². The van der Waals surface area contributed by atoms with Crippen LogP contribution in [0.4, 0.5) is 4.39 Å². The number of benzene rings is 2. The highest BCUT2D eigenvalue weighted by Gasteiger charge is 2.11. The van der Waals surface area contributed by atoms with Crippen LogP contribution >= 0.6 is 27.5 Å². The summed E-state index contributed by atoms with van der Waals surface area (Å²) >= 11 is 9.50. The summed E-state index contributed by atoms with van der Waals surface area (Å²) in [6.07, 6.45) is 0.550. The normalized spacial score (nSPS) is 12.4. The van der Waals surface area contributed by atoms with E-state index in [-0.39, 0.29) is 11.9 Å². The Morgan fingerprint density at radius 2 is 2.00 bits per heavy atom. The molecule has 0 aliphatic rings. The first-order chi connectivity index (χ1) is 8.56. The molecule has 4 heteroatoms. The highest BCUT2D eigenvalue weighted by Crippen LogP contribution is 2.27. The molecule has 0 fully saturated rings. The van der Waals surface area contributed by atoms with E-state index in [0.29, 0.717) is 11.4 Å². The average Bonchev–Trinajstić information content (AvgIpc) is 2.32. The van der Waals surface area contributed by atoms with Crippen LogP contribution in [0.2, 0.25) is 5.02 Å². The zero-order valence-corrected chi connectivity index (χ0v) is 11.9. The Morgan fingerprint density at radius 3 is 2.72 bits per heavy atom. The Morgan fingerprint density at radius 1 is 1.22 bits per heavy atom. The molecule has 2 aromatic carbocycles. The first-order valence-electron chi connectivity index (χ1n) is 5.51. The standard InChI is InChI=1S/C14H12BrClFN/c15-10-4-5-13(16)12(8-10)14(18)7-9-2-1-3-11(17)6-9/h1-6,8,14H,7,18H2. The molecular weight excluding hydrogens is 317 g/mol. The van der Waals surface area contributed by atoms with Gasteiger partial charge in [-0.15, -0.1) is 0 Å². The van der Waals surface area contributed by atoms with E-state index in [9.17, 15) is 4.39 Å². The van der Waals surface area contributed by atoms with Crippen molar-refractivity contribution in [3.8, 4) is 0 Å². The molecule has 2 rings (SSSR count). The monoisotopic (exact) mass is 327 g/mol. The molecular formula is C14H12BrClFN. The van der Waals surface area contributed by atoms with E-state index in [4.69, 9.17) is 17.3 Å². The van der Waals surface area contributed by atoms with Gasteiger partial charge in [-0.25, -0.2) is 4.39 Å². The number of hydrogen-bond acceptors (Lipinski definition) is 1. The molecule has 1 atom stereocenters. The SMILES string of the molecule is NC(Cc1cccc(F)c1)c1cc(Br)ccc1Cl. The van der Waals surface area contributed by atoms with E-state index in [1.165, 1.54) is 12.1 Å². The van der Waals surface area contributed by atoms with E-state index in [1.54, 1.807) is 12.1 Å². The van der Waals surface area contributed by atoms with Gasteiger partial charge in [-0.1, -0.05) is 39.7 Å². The molecule has 0 heterocycles. The van der Waals surface area contributed by atoms with Crippen molar-refractivity contribution in [2.24, 2.45) is 5.73 Å². The van der Waals surface area contributed by atoms with Crippen molar-refractivity contribution < 1.29 is 4.39 Å². The van der Waals surface area contributed by atoms with Crippen LogP contribution in [-0.4, -0.2) is 0 Å². The lowest BCUT2D eigenvalue weighted by Crippen LogP contribution is -2.14. The first kappa shape index (κ1) is 13.5. The molecule has 1 unspecified atom stereocenters. The highest BCUT2D eigenvalue weighted by molar-refractivity contribution is 9.10. The maximum absolute atomic E-state index is 13.1. The molecule has 0 aromatic heterocycles. The zero-order valence-electron chi connectivity index (χ0n) is 9.54. The number of halogens is 3. The Hall–Kier alpha value is -0.900. The molecule has 94 valence electrons. The second-order valence-electron chi connectivity index (χ2n) is 4.11. The molecule has 0 saturated heterocycles. The van der Waals surface area contributed by atoms with Gasteiger partial charge < -0.3 is 5.73 Å². The zero-order chi connectivity index (χ0) is 13.1. The molecule has 0 aliphatic heterocycles. The number of rotatable bonds is 3. The minimum Gasteiger partial charge on any atom is -0.324 e. The minimum absolute atomic E-state index is 0.250. The summed E-state index contributed by atoms with van der Waals surface area (Å²) in [6, 6.07) is 11.7. The molecule has 0 amide bonds. The predicted octanol–water partition coefficient (Wildman–Crippen LogP) is 4.48. The van der Waals surface area contributed by atoms with Gasteiger partial charge in [0.25, 0.3) is 0 Å². The fourth-order valence-corrected chi connectivity index (χ4v) is 2.46. The van der Waals surface area contributed by atoms with Gasteiger partial charge in [0.05, 0.1) is 0 Å².